The number of hydrogen-bond acceptors (Lipinski definition) is 4. The highest BCUT2D eigenvalue weighted by Crippen LogP contribution is 2.22. The first-order chi connectivity index (χ1) is 9.72. The Morgan fingerprint density at radius 1 is 1.20 bits per heavy atom. The van der Waals surface area contributed by atoms with Crippen LogP contribution in [0.15, 0.2) is 36.5 Å². The second-order valence-electron chi connectivity index (χ2n) is 4.70. The second kappa shape index (κ2) is 5.16. The van der Waals surface area contributed by atoms with Crippen molar-refractivity contribution < 1.29 is 0 Å². The highest BCUT2D eigenvalue weighted by atomic mass is 15.2. The van der Waals surface area contributed by atoms with Gasteiger partial charge in [0.25, 0.3) is 0 Å². The standard InChI is InChI=1S/C14H16N6/c1-9(13-6-7-15-19-13)16-12-5-3-4-11(8-12)14-17-10(2)18-20-14/h3-9,16H,1-2H3,(H,15,19)(H,17,18,20). The Hall–Kier alpha value is -2.63. The fraction of sp³-hybridized carbons (Fsp3) is 0.214. The average molecular weight is 268 g/mol. The predicted octanol–water partition coefficient (Wildman–Crippen LogP) is 2.68. The van der Waals surface area contributed by atoms with Crippen LogP contribution in [0, 0.1) is 6.92 Å². The Bertz CT molecular complexity index is 685. The summed E-state index contributed by atoms with van der Waals surface area (Å²) in [6.07, 6.45) is 1.75. The van der Waals surface area contributed by atoms with E-state index in [1.54, 1.807) is 6.20 Å². The van der Waals surface area contributed by atoms with Crippen LogP contribution in [0.5, 0.6) is 0 Å². The molecule has 0 spiro atoms. The normalized spacial score (nSPS) is 12.3. The van der Waals surface area contributed by atoms with Crippen molar-refractivity contribution in [2.75, 3.05) is 5.32 Å². The topological polar surface area (TPSA) is 82.3 Å². The summed E-state index contributed by atoms with van der Waals surface area (Å²) in [5.74, 6) is 1.52. The Morgan fingerprint density at radius 3 is 2.80 bits per heavy atom. The van der Waals surface area contributed by atoms with Crippen molar-refractivity contribution in [3.8, 4) is 11.4 Å². The van der Waals surface area contributed by atoms with Crippen LogP contribution in [0.1, 0.15) is 24.5 Å². The Balaban J connectivity index is 1.81. The van der Waals surface area contributed by atoms with Gasteiger partial charge in [-0.3, -0.25) is 10.2 Å². The number of H-pyrrole nitrogens is 2. The lowest BCUT2D eigenvalue weighted by atomic mass is 10.1. The molecule has 102 valence electrons. The fourth-order valence-electron chi connectivity index (χ4n) is 2.06. The van der Waals surface area contributed by atoms with Gasteiger partial charge in [-0.1, -0.05) is 12.1 Å². The minimum atomic E-state index is 0.154. The van der Waals surface area contributed by atoms with Gasteiger partial charge >= 0.3 is 0 Å². The van der Waals surface area contributed by atoms with E-state index in [0.717, 1.165) is 22.8 Å². The number of hydrogen-bond donors (Lipinski definition) is 3. The smallest absolute Gasteiger partial charge is 0.181 e. The molecule has 6 nitrogen and oxygen atoms in total. The molecule has 0 aliphatic rings. The van der Waals surface area contributed by atoms with Crippen molar-refractivity contribution in [1.82, 2.24) is 25.4 Å². The van der Waals surface area contributed by atoms with E-state index in [9.17, 15) is 0 Å². The van der Waals surface area contributed by atoms with Gasteiger partial charge in [0.05, 0.1) is 11.7 Å². The highest BCUT2D eigenvalue weighted by Gasteiger charge is 2.08. The van der Waals surface area contributed by atoms with Crippen LogP contribution in [-0.2, 0) is 0 Å². The van der Waals surface area contributed by atoms with Crippen molar-refractivity contribution >= 4 is 5.69 Å². The number of rotatable bonds is 4. The number of aromatic nitrogens is 5. The molecule has 2 heterocycles. The maximum absolute atomic E-state index is 4.34. The molecule has 3 aromatic rings. The minimum absolute atomic E-state index is 0.154. The number of nitrogens with one attached hydrogen (secondary N) is 3. The summed E-state index contributed by atoms with van der Waals surface area (Å²) in [5.41, 5.74) is 3.05. The van der Waals surface area contributed by atoms with E-state index < -0.39 is 0 Å². The van der Waals surface area contributed by atoms with E-state index in [0.29, 0.717) is 5.82 Å². The maximum atomic E-state index is 4.34. The van der Waals surface area contributed by atoms with Crippen LogP contribution in [0.3, 0.4) is 0 Å². The Kier molecular flexibility index (Phi) is 3.20. The van der Waals surface area contributed by atoms with E-state index in [1.807, 2.05) is 37.3 Å². The van der Waals surface area contributed by atoms with Gasteiger partial charge in [0.15, 0.2) is 5.82 Å². The summed E-state index contributed by atoms with van der Waals surface area (Å²) < 4.78 is 0. The van der Waals surface area contributed by atoms with Crippen LogP contribution in [0.25, 0.3) is 11.4 Å². The number of nitrogens with zero attached hydrogens (tertiary/aromatic N) is 3. The summed E-state index contributed by atoms with van der Waals surface area (Å²) >= 11 is 0. The first-order valence-electron chi connectivity index (χ1n) is 6.47. The molecule has 3 N–H and O–H groups in total. The highest BCUT2D eigenvalue weighted by molar-refractivity contribution is 5.62. The third-order valence-electron chi connectivity index (χ3n) is 3.09. The average Bonchev–Trinajstić information content (AvgIpc) is 3.10. The van der Waals surface area contributed by atoms with E-state index in [-0.39, 0.29) is 6.04 Å². The molecular formula is C14H16N6. The van der Waals surface area contributed by atoms with Gasteiger partial charge in [0.1, 0.15) is 5.82 Å². The molecule has 2 aromatic heterocycles. The Morgan fingerprint density at radius 2 is 2.10 bits per heavy atom. The lowest BCUT2D eigenvalue weighted by Crippen LogP contribution is -2.07. The molecule has 0 aliphatic heterocycles. The third-order valence-corrected chi connectivity index (χ3v) is 3.09. The van der Waals surface area contributed by atoms with Gasteiger partial charge in [0.2, 0.25) is 0 Å². The molecule has 1 unspecified atom stereocenters. The molecule has 3 rings (SSSR count). The molecule has 6 heteroatoms. The lowest BCUT2D eigenvalue weighted by molar-refractivity contribution is 0.826. The molecule has 1 atom stereocenters. The molecule has 0 fully saturated rings. The van der Waals surface area contributed by atoms with E-state index in [2.05, 4.69) is 37.6 Å². The largest absolute Gasteiger partial charge is 0.377 e. The van der Waals surface area contributed by atoms with Crippen LogP contribution >= 0.6 is 0 Å². The van der Waals surface area contributed by atoms with Crippen molar-refractivity contribution in [1.29, 1.82) is 0 Å². The van der Waals surface area contributed by atoms with Crippen LogP contribution in [0.4, 0.5) is 5.69 Å². The molecule has 0 radical (unpaired) electrons. The van der Waals surface area contributed by atoms with Gasteiger partial charge < -0.3 is 5.32 Å². The third kappa shape index (κ3) is 2.54. The summed E-state index contributed by atoms with van der Waals surface area (Å²) in [5, 5.41) is 17.4. The minimum Gasteiger partial charge on any atom is -0.377 e. The zero-order chi connectivity index (χ0) is 13.9. The number of aromatic amines is 2. The van der Waals surface area contributed by atoms with Crippen LogP contribution < -0.4 is 5.32 Å². The maximum Gasteiger partial charge on any atom is 0.181 e. The first-order valence-corrected chi connectivity index (χ1v) is 6.47. The van der Waals surface area contributed by atoms with Crippen molar-refractivity contribution in [3.05, 3.63) is 48.0 Å². The van der Waals surface area contributed by atoms with Gasteiger partial charge in [-0.05, 0) is 32.0 Å². The molecule has 0 bridgehead atoms. The second-order valence-corrected chi connectivity index (χ2v) is 4.70. The molecule has 0 amide bonds. The zero-order valence-corrected chi connectivity index (χ0v) is 11.4. The summed E-state index contributed by atoms with van der Waals surface area (Å²) in [6.45, 7) is 3.97. The summed E-state index contributed by atoms with van der Waals surface area (Å²) in [6, 6.07) is 10.2. The summed E-state index contributed by atoms with van der Waals surface area (Å²) in [7, 11) is 0. The Labute approximate surface area is 116 Å². The van der Waals surface area contributed by atoms with Gasteiger partial charge in [-0.2, -0.15) is 10.2 Å². The number of benzene rings is 1. The SMILES string of the molecule is Cc1nc(-c2cccc(NC(C)c3ccn[nH]3)c2)n[nH]1. The molecule has 0 aliphatic carbocycles. The first kappa shape index (κ1) is 12.4. The molecular weight excluding hydrogens is 252 g/mol. The monoisotopic (exact) mass is 268 g/mol. The van der Waals surface area contributed by atoms with E-state index in [4.69, 9.17) is 0 Å². The van der Waals surface area contributed by atoms with Crippen molar-refractivity contribution in [3.63, 3.8) is 0 Å². The lowest BCUT2D eigenvalue weighted by Gasteiger charge is -2.13. The number of anilines is 1. The molecule has 0 saturated heterocycles. The molecule has 1 aromatic carbocycles. The fourth-order valence-corrected chi connectivity index (χ4v) is 2.06. The summed E-state index contributed by atoms with van der Waals surface area (Å²) in [4.78, 5) is 4.34. The van der Waals surface area contributed by atoms with E-state index >= 15 is 0 Å². The number of aryl methyl sites for hydroxylation is 1. The van der Waals surface area contributed by atoms with Gasteiger partial charge in [-0.15, -0.1) is 0 Å². The van der Waals surface area contributed by atoms with Crippen molar-refractivity contribution in [2.45, 2.75) is 19.9 Å². The van der Waals surface area contributed by atoms with Gasteiger partial charge in [0, 0.05) is 17.4 Å². The van der Waals surface area contributed by atoms with Crippen molar-refractivity contribution in [2.24, 2.45) is 0 Å². The molecule has 0 saturated carbocycles. The molecule has 20 heavy (non-hydrogen) atoms. The van der Waals surface area contributed by atoms with Crippen LogP contribution in [-0.4, -0.2) is 25.4 Å². The van der Waals surface area contributed by atoms with Gasteiger partial charge in [-0.25, -0.2) is 4.98 Å². The quantitative estimate of drug-likeness (QED) is 0.679. The predicted molar refractivity (Wildman–Crippen MR) is 77.2 cm³/mol. The van der Waals surface area contributed by atoms with Crippen LogP contribution in [0.2, 0.25) is 0 Å². The van der Waals surface area contributed by atoms with E-state index in [1.165, 1.54) is 0 Å². The zero-order valence-electron chi connectivity index (χ0n) is 11.4.